The fraction of sp³-hybridized carbons (Fsp3) is 0.333. The van der Waals surface area contributed by atoms with Gasteiger partial charge in [0.15, 0.2) is 0 Å². The number of nitrogens with one attached hydrogen (secondary N) is 2. The molecule has 4 rings (SSSR count). The molecular weight excluding hydrogens is 332 g/mol. The number of aromatic nitrogens is 1. The number of rotatable bonds is 4. The molecule has 0 spiro atoms. The van der Waals surface area contributed by atoms with Crippen molar-refractivity contribution in [3.63, 3.8) is 0 Å². The fourth-order valence-corrected chi connectivity index (χ4v) is 3.70. The normalized spacial score (nSPS) is 17.0. The smallest absolute Gasteiger partial charge is 0.119 e. The van der Waals surface area contributed by atoms with Gasteiger partial charge in [0.25, 0.3) is 0 Å². The van der Waals surface area contributed by atoms with E-state index < -0.39 is 0 Å². The first-order chi connectivity index (χ1) is 12.1. The highest BCUT2D eigenvalue weighted by Gasteiger charge is 2.25. The highest BCUT2D eigenvalue weighted by atomic mass is 35.5. The Balaban J connectivity index is 1.71. The van der Waals surface area contributed by atoms with E-state index in [4.69, 9.17) is 16.3 Å². The number of fused-ring (bicyclic) bond motifs is 3. The summed E-state index contributed by atoms with van der Waals surface area (Å²) in [6, 6.07) is 14.6. The maximum Gasteiger partial charge on any atom is 0.119 e. The Bertz CT molecular complexity index is 900. The Kier molecular flexibility index (Phi) is 4.45. The summed E-state index contributed by atoms with van der Waals surface area (Å²) in [5, 5.41) is 5.66. The molecule has 4 heteroatoms. The van der Waals surface area contributed by atoms with Crippen molar-refractivity contribution in [2.45, 2.75) is 26.3 Å². The molecule has 0 aliphatic carbocycles. The monoisotopic (exact) mass is 354 g/mol. The number of hydrogen-bond acceptors (Lipinski definition) is 2. The first-order valence-electron chi connectivity index (χ1n) is 8.88. The Morgan fingerprint density at radius 3 is 2.92 bits per heavy atom. The van der Waals surface area contributed by atoms with Gasteiger partial charge in [-0.3, -0.25) is 0 Å². The molecule has 0 saturated carbocycles. The van der Waals surface area contributed by atoms with Crippen molar-refractivity contribution in [3.8, 4) is 5.75 Å². The van der Waals surface area contributed by atoms with Crippen LogP contribution in [-0.2, 0) is 6.42 Å². The number of hydrogen-bond donors (Lipinski definition) is 2. The highest BCUT2D eigenvalue weighted by molar-refractivity contribution is 6.31. The third-order valence-electron chi connectivity index (χ3n) is 4.69. The molecule has 3 aromatic rings. The van der Waals surface area contributed by atoms with E-state index in [2.05, 4.69) is 54.5 Å². The van der Waals surface area contributed by atoms with Gasteiger partial charge < -0.3 is 15.0 Å². The van der Waals surface area contributed by atoms with Crippen molar-refractivity contribution in [1.82, 2.24) is 10.3 Å². The number of halogens is 1. The number of ether oxygens (including phenoxy) is 1. The van der Waals surface area contributed by atoms with E-state index in [-0.39, 0.29) is 6.04 Å². The third kappa shape index (κ3) is 3.26. The second kappa shape index (κ2) is 6.74. The van der Waals surface area contributed by atoms with Gasteiger partial charge in [-0.1, -0.05) is 37.6 Å². The molecule has 2 heterocycles. The van der Waals surface area contributed by atoms with Gasteiger partial charge in [0.1, 0.15) is 5.75 Å². The highest BCUT2D eigenvalue weighted by Crippen LogP contribution is 2.35. The molecule has 0 amide bonds. The van der Waals surface area contributed by atoms with Gasteiger partial charge in [-0.2, -0.15) is 0 Å². The van der Waals surface area contributed by atoms with E-state index in [1.165, 1.54) is 22.2 Å². The molecule has 3 nitrogen and oxygen atoms in total. The molecule has 1 atom stereocenters. The molecule has 0 fully saturated rings. The van der Waals surface area contributed by atoms with Crippen LogP contribution in [0.25, 0.3) is 10.9 Å². The number of aromatic amines is 1. The standard InChI is InChI=1S/C21H23ClN2O/c1-13(2)12-25-16-5-3-4-14(10-16)20-21-17(8-9-23-20)18-11-15(22)6-7-19(18)24-21/h3-7,10-11,13,20,23-24H,8-9,12H2,1-2H3. The molecule has 0 radical (unpaired) electrons. The van der Waals surface area contributed by atoms with Crippen LogP contribution in [0.5, 0.6) is 5.75 Å². The van der Waals surface area contributed by atoms with Crippen molar-refractivity contribution < 1.29 is 4.74 Å². The third-order valence-corrected chi connectivity index (χ3v) is 4.92. The molecular formula is C21H23ClN2O. The maximum atomic E-state index is 6.21. The van der Waals surface area contributed by atoms with Gasteiger partial charge in [-0.15, -0.1) is 0 Å². The summed E-state index contributed by atoms with van der Waals surface area (Å²) in [6.07, 6.45) is 1.01. The lowest BCUT2D eigenvalue weighted by Crippen LogP contribution is -2.30. The zero-order chi connectivity index (χ0) is 17.4. The van der Waals surface area contributed by atoms with E-state index in [1.807, 2.05) is 12.1 Å². The van der Waals surface area contributed by atoms with Gasteiger partial charge in [0.2, 0.25) is 0 Å². The molecule has 0 bridgehead atoms. The van der Waals surface area contributed by atoms with E-state index in [1.54, 1.807) is 0 Å². The van der Waals surface area contributed by atoms with Gasteiger partial charge in [0.05, 0.1) is 12.6 Å². The first kappa shape index (κ1) is 16.5. The molecule has 2 aromatic carbocycles. The van der Waals surface area contributed by atoms with Crippen LogP contribution >= 0.6 is 11.6 Å². The maximum absolute atomic E-state index is 6.21. The van der Waals surface area contributed by atoms with Crippen LogP contribution in [0.1, 0.15) is 36.7 Å². The second-order valence-electron chi connectivity index (χ2n) is 7.12. The Morgan fingerprint density at radius 1 is 1.20 bits per heavy atom. The van der Waals surface area contributed by atoms with Crippen molar-refractivity contribution in [3.05, 3.63) is 64.3 Å². The Morgan fingerprint density at radius 2 is 2.08 bits per heavy atom. The molecule has 2 N–H and O–H groups in total. The Labute approximate surface area is 153 Å². The lowest BCUT2D eigenvalue weighted by Gasteiger charge is -2.25. The number of benzene rings is 2. The average molecular weight is 355 g/mol. The van der Waals surface area contributed by atoms with Crippen LogP contribution in [0.15, 0.2) is 42.5 Å². The van der Waals surface area contributed by atoms with Crippen LogP contribution in [-0.4, -0.2) is 18.1 Å². The van der Waals surface area contributed by atoms with Crippen molar-refractivity contribution in [2.75, 3.05) is 13.2 Å². The van der Waals surface area contributed by atoms with Gasteiger partial charge in [0, 0.05) is 28.2 Å². The summed E-state index contributed by atoms with van der Waals surface area (Å²) in [4.78, 5) is 3.60. The van der Waals surface area contributed by atoms with Crippen molar-refractivity contribution >= 4 is 22.5 Å². The Hall–Kier alpha value is -1.97. The lowest BCUT2D eigenvalue weighted by molar-refractivity contribution is 0.270. The van der Waals surface area contributed by atoms with Crippen LogP contribution in [0.3, 0.4) is 0 Å². The van der Waals surface area contributed by atoms with E-state index in [0.717, 1.165) is 35.9 Å². The summed E-state index contributed by atoms with van der Waals surface area (Å²) in [6.45, 7) is 6.01. The second-order valence-corrected chi connectivity index (χ2v) is 7.56. The number of H-pyrrole nitrogens is 1. The van der Waals surface area contributed by atoms with E-state index in [9.17, 15) is 0 Å². The predicted molar refractivity (Wildman–Crippen MR) is 104 cm³/mol. The zero-order valence-electron chi connectivity index (χ0n) is 14.6. The van der Waals surface area contributed by atoms with Crippen LogP contribution in [0.2, 0.25) is 5.02 Å². The first-order valence-corrected chi connectivity index (χ1v) is 9.26. The molecule has 1 aliphatic rings. The quantitative estimate of drug-likeness (QED) is 0.684. The minimum Gasteiger partial charge on any atom is -0.493 e. The minimum absolute atomic E-state index is 0.150. The van der Waals surface area contributed by atoms with Gasteiger partial charge in [-0.25, -0.2) is 0 Å². The summed E-state index contributed by atoms with van der Waals surface area (Å²) in [5.74, 6) is 1.45. The molecule has 1 aromatic heterocycles. The fourth-order valence-electron chi connectivity index (χ4n) is 3.53. The zero-order valence-corrected chi connectivity index (χ0v) is 15.4. The van der Waals surface area contributed by atoms with E-state index >= 15 is 0 Å². The van der Waals surface area contributed by atoms with Gasteiger partial charge in [-0.05, 0) is 53.8 Å². The molecule has 25 heavy (non-hydrogen) atoms. The minimum atomic E-state index is 0.150. The molecule has 1 unspecified atom stereocenters. The summed E-state index contributed by atoms with van der Waals surface area (Å²) < 4.78 is 5.91. The van der Waals surface area contributed by atoms with Crippen molar-refractivity contribution in [1.29, 1.82) is 0 Å². The van der Waals surface area contributed by atoms with Crippen LogP contribution in [0, 0.1) is 5.92 Å². The summed E-state index contributed by atoms with van der Waals surface area (Å²) in [7, 11) is 0. The summed E-state index contributed by atoms with van der Waals surface area (Å²) in [5.41, 5.74) is 4.98. The topological polar surface area (TPSA) is 37.0 Å². The predicted octanol–water partition coefficient (Wildman–Crippen LogP) is 5.09. The molecule has 0 saturated heterocycles. The summed E-state index contributed by atoms with van der Waals surface area (Å²) >= 11 is 6.21. The lowest BCUT2D eigenvalue weighted by atomic mass is 9.94. The van der Waals surface area contributed by atoms with Crippen LogP contribution < -0.4 is 10.1 Å². The van der Waals surface area contributed by atoms with Crippen molar-refractivity contribution in [2.24, 2.45) is 5.92 Å². The largest absolute Gasteiger partial charge is 0.493 e. The SMILES string of the molecule is CC(C)COc1cccc(C2NCCc3c2[nH]c2ccc(Cl)cc32)c1. The van der Waals surface area contributed by atoms with E-state index in [0.29, 0.717) is 5.92 Å². The molecule has 130 valence electrons. The van der Waals surface area contributed by atoms with Crippen LogP contribution in [0.4, 0.5) is 0 Å². The molecule has 1 aliphatic heterocycles. The average Bonchev–Trinajstić information content (AvgIpc) is 2.98. The van der Waals surface area contributed by atoms with Gasteiger partial charge >= 0.3 is 0 Å².